The Bertz CT molecular complexity index is 555. The van der Waals surface area contributed by atoms with Crippen LogP contribution in [-0.2, 0) is 0 Å². The molecule has 2 rings (SSSR count). The van der Waals surface area contributed by atoms with Crippen LogP contribution in [0.2, 0.25) is 0 Å². The van der Waals surface area contributed by atoms with E-state index in [2.05, 4.69) is 5.32 Å². The number of rotatable bonds is 2. The molecule has 0 unspecified atom stereocenters. The van der Waals surface area contributed by atoms with Crippen LogP contribution in [0.25, 0.3) is 0 Å². The van der Waals surface area contributed by atoms with Crippen LogP contribution < -0.4 is 11.1 Å². The van der Waals surface area contributed by atoms with Crippen LogP contribution in [0.3, 0.4) is 0 Å². The van der Waals surface area contributed by atoms with E-state index in [-0.39, 0.29) is 11.5 Å². The number of benzene rings is 2. The van der Waals surface area contributed by atoms with Gasteiger partial charge in [0.05, 0.1) is 11.4 Å². The van der Waals surface area contributed by atoms with Crippen molar-refractivity contribution >= 4 is 17.3 Å². The lowest BCUT2D eigenvalue weighted by Crippen LogP contribution is -2.13. The topological polar surface area (TPSA) is 55.1 Å². The van der Waals surface area contributed by atoms with Crippen LogP contribution in [0.5, 0.6) is 0 Å². The average Bonchev–Trinajstić information content (AvgIpc) is 2.32. The molecule has 3 N–H and O–H groups in total. The summed E-state index contributed by atoms with van der Waals surface area (Å²) in [4.78, 5) is 11.8. The summed E-state index contributed by atoms with van der Waals surface area (Å²) in [6.45, 7) is 0. The maximum absolute atomic E-state index is 12.9. The molecule has 0 heterocycles. The third kappa shape index (κ3) is 2.60. The average molecular weight is 230 g/mol. The molecule has 4 heteroatoms. The van der Waals surface area contributed by atoms with Gasteiger partial charge in [-0.3, -0.25) is 4.79 Å². The number of para-hydroxylation sites is 2. The maximum atomic E-state index is 12.9. The molecular weight excluding hydrogens is 219 g/mol. The molecule has 86 valence electrons. The second-order valence-corrected chi connectivity index (χ2v) is 3.55. The van der Waals surface area contributed by atoms with Crippen LogP contribution in [0.4, 0.5) is 15.8 Å². The van der Waals surface area contributed by atoms with Gasteiger partial charge in [-0.05, 0) is 30.3 Å². The SMILES string of the molecule is Nc1ccccc1NC(=O)c1cccc(F)c1. The molecule has 0 radical (unpaired) electrons. The summed E-state index contributed by atoms with van der Waals surface area (Å²) in [5.41, 5.74) is 6.93. The van der Waals surface area contributed by atoms with Gasteiger partial charge in [0.25, 0.3) is 5.91 Å². The number of nitrogens with two attached hydrogens (primary N) is 1. The molecule has 0 aromatic heterocycles. The Morgan fingerprint density at radius 3 is 2.59 bits per heavy atom. The van der Waals surface area contributed by atoms with Gasteiger partial charge in [0, 0.05) is 5.56 Å². The minimum absolute atomic E-state index is 0.258. The Hall–Kier alpha value is -2.36. The van der Waals surface area contributed by atoms with E-state index in [1.807, 2.05) is 0 Å². The summed E-state index contributed by atoms with van der Waals surface area (Å²) in [5, 5.41) is 2.62. The number of halogens is 1. The smallest absolute Gasteiger partial charge is 0.255 e. The molecule has 2 aromatic rings. The molecule has 0 aliphatic heterocycles. The van der Waals surface area contributed by atoms with Gasteiger partial charge < -0.3 is 11.1 Å². The van der Waals surface area contributed by atoms with Crippen molar-refractivity contribution in [3.63, 3.8) is 0 Å². The van der Waals surface area contributed by atoms with Gasteiger partial charge in [-0.2, -0.15) is 0 Å². The summed E-state index contributed by atoms with van der Waals surface area (Å²) >= 11 is 0. The van der Waals surface area contributed by atoms with Gasteiger partial charge in [0.1, 0.15) is 5.82 Å². The van der Waals surface area contributed by atoms with E-state index in [1.165, 1.54) is 24.3 Å². The van der Waals surface area contributed by atoms with Crippen molar-refractivity contribution < 1.29 is 9.18 Å². The fraction of sp³-hybridized carbons (Fsp3) is 0. The van der Waals surface area contributed by atoms with E-state index in [1.54, 1.807) is 24.3 Å². The van der Waals surface area contributed by atoms with Gasteiger partial charge in [-0.1, -0.05) is 18.2 Å². The number of carbonyl (C=O) groups excluding carboxylic acids is 1. The highest BCUT2D eigenvalue weighted by Gasteiger charge is 2.07. The molecule has 0 aliphatic carbocycles. The van der Waals surface area contributed by atoms with Gasteiger partial charge >= 0.3 is 0 Å². The van der Waals surface area contributed by atoms with Gasteiger partial charge in [0.15, 0.2) is 0 Å². The van der Waals surface area contributed by atoms with E-state index in [9.17, 15) is 9.18 Å². The van der Waals surface area contributed by atoms with E-state index in [0.717, 1.165) is 0 Å². The monoisotopic (exact) mass is 230 g/mol. The van der Waals surface area contributed by atoms with E-state index < -0.39 is 5.82 Å². The highest BCUT2D eigenvalue weighted by atomic mass is 19.1. The lowest BCUT2D eigenvalue weighted by molar-refractivity contribution is 0.102. The van der Waals surface area contributed by atoms with Crippen LogP contribution >= 0.6 is 0 Å². The minimum Gasteiger partial charge on any atom is -0.397 e. The van der Waals surface area contributed by atoms with E-state index in [4.69, 9.17) is 5.73 Å². The lowest BCUT2D eigenvalue weighted by Gasteiger charge is -2.07. The zero-order chi connectivity index (χ0) is 12.3. The van der Waals surface area contributed by atoms with Crippen molar-refractivity contribution in [3.05, 3.63) is 59.9 Å². The van der Waals surface area contributed by atoms with E-state index >= 15 is 0 Å². The first-order valence-corrected chi connectivity index (χ1v) is 5.08. The Balaban J connectivity index is 2.20. The molecule has 0 saturated heterocycles. The second-order valence-electron chi connectivity index (χ2n) is 3.55. The third-order valence-electron chi connectivity index (χ3n) is 2.30. The number of carbonyl (C=O) groups is 1. The molecular formula is C13H11FN2O. The number of anilines is 2. The molecule has 0 aliphatic rings. The van der Waals surface area contributed by atoms with Crippen molar-refractivity contribution in [2.45, 2.75) is 0 Å². The van der Waals surface area contributed by atoms with Gasteiger partial charge in [-0.25, -0.2) is 4.39 Å². The normalized spacial score (nSPS) is 9.94. The Labute approximate surface area is 98.1 Å². The minimum atomic E-state index is -0.446. The Morgan fingerprint density at radius 1 is 1.12 bits per heavy atom. The Morgan fingerprint density at radius 2 is 1.88 bits per heavy atom. The molecule has 0 bridgehead atoms. The molecule has 0 atom stereocenters. The number of nitrogens with one attached hydrogen (secondary N) is 1. The first-order valence-electron chi connectivity index (χ1n) is 5.08. The number of amides is 1. The molecule has 0 saturated carbocycles. The van der Waals surface area contributed by atoms with Crippen LogP contribution in [0, 0.1) is 5.82 Å². The molecule has 1 amide bonds. The second kappa shape index (κ2) is 4.65. The predicted octanol–water partition coefficient (Wildman–Crippen LogP) is 2.66. The van der Waals surface area contributed by atoms with Crippen LogP contribution in [0.1, 0.15) is 10.4 Å². The molecule has 0 fully saturated rings. The van der Waals surface area contributed by atoms with Crippen molar-refractivity contribution in [2.24, 2.45) is 0 Å². The molecule has 17 heavy (non-hydrogen) atoms. The molecule has 3 nitrogen and oxygen atoms in total. The standard InChI is InChI=1S/C13H11FN2O/c14-10-5-3-4-9(8-10)13(17)16-12-7-2-1-6-11(12)15/h1-8H,15H2,(H,16,17). The van der Waals surface area contributed by atoms with Crippen LogP contribution in [0.15, 0.2) is 48.5 Å². The Kier molecular flexibility index (Phi) is 3.05. The summed E-state index contributed by atoms with van der Waals surface area (Å²) in [6.07, 6.45) is 0. The first kappa shape index (κ1) is 11.1. The van der Waals surface area contributed by atoms with Crippen molar-refractivity contribution in [1.29, 1.82) is 0 Å². The highest BCUT2D eigenvalue weighted by molar-refractivity contribution is 6.05. The quantitative estimate of drug-likeness (QED) is 0.779. The van der Waals surface area contributed by atoms with E-state index in [0.29, 0.717) is 11.4 Å². The number of hydrogen-bond donors (Lipinski definition) is 2. The zero-order valence-electron chi connectivity index (χ0n) is 8.98. The number of hydrogen-bond acceptors (Lipinski definition) is 2. The van der Waals surface area contributed by atoms with Crippen LogP contribution in [-0.4, -0.2) is 5.91 Å². The maximum Gasteiger partial charge on any atom is 0.255 e. The predicted molar refractivity (Wildman–Crippen MR) is 65.2 cm³/mol. The summed E-state index contributed by atoms with van der Waals surface area (Å²) in [7, 11) is 0. The summed E-state index contributed by atoms with van der Waals surface area (Å²) in [6, 6.07) is 12.4. The molecule has 0 spiro atoms. The fourth-order valence-corrected chi connectivity index (χ4v) is 1.44. The summed E-state index contributed by atoms with van der Waals surface area (Å²) < 4.78 is 12.9. The number of nitrogen functional groups attached to an aromatic ring is 1. The van der Waals surface area contributed by atoms with Gasteiger partial charge in [0.2, 0.25) is 0 Å². The van der Waals surface area contributed by atoms with Crippen molar-refractivity contribution in [2.75, 3.05) is 11.1 Å². The zero-order valence-corrected chi connectivity index (χ0v) is 8.98. The fourth-order valence-electron chi connectivity index (χ4n) is 1.44. The lowest BCUT2D eigenvalue weighted by atomic mass is 10.2. The van der Waals surface area contributed by atoms with Gasteiger partial charge in [-0.15, -0.1) is 0 Å². The third-order valence-corrected chi connectivity index (χ3v) is 2.30. The first-order chi connectivity index (χ1) is 8.16. The van der Waals surface area contributed by atoms with Crippen molar-refractivity contribution in [3.8, 4) is 0 Å². The highest BCUT2D eigenvalue weighted by Crippen LogP contribution is 2.17. The largest absolute Gasteiger partial charge is 0.397 e. The van der Waals surface area contributed by atoms with Crippen molar-refractivity contribution in [1.82, 2.24) is 0 Å². The molecule has 2 aromatic carbocycles. The summed E-state index contributed by atoms with van der Waals surface area (Å²) in [5.74, 6) is -0.832.